The minimum atomic E-state index is -4.60. The first-order chi connectivity index (χ1) is 16.8. The normalized spacial score (nSPS) is 13.1. The SMILES string of the molecule is COc1cc(-n2c3c(c4ncnc(N)c42)COC3)ccc1NC(=O)Cc1ccc(C(F)(F)F)nn1. The number of nitrogens with zero attached hydrogens (tertiary/aromatic N) is 5. The summed E-state index contributed by atoms with van der Waals surface area (Å²) < 4.78 is 50.9. The molecule has 10 nitrogen and oxygen atoms in total. The van der Waals surface area contributed by atoms with Crippen LogP contribution >= 0.6 is 0 Å². The summed E-state index contributed by atoms with van der Waals surface area (Å²) in [5.74, 6) is 0.182. The molecule has 180 valence electrons. The lowest BCUT2D eigenvalue weighted by Crippen LogP contribution is -2.17. The summed E-state index contributed by atoms with van der Waals surface area (Å²) in [5, 5.41) is 9.31. The molecule has 4 aromatic rings. The molecule has 4 heterocycles. The summed E-state index contributed by atoms with van der Waals surface area (Å²) in [6.45, 7) is 0.785. The smallest absolute Gasteiger partial charge is 0.435 e. The summed E-state index contributed by atoms with van der Waals surface area (Å²) >= 11 is 0. The van der Waals surface area contributed by atoms with Gasteiger partial charge in [0, 0.05) is 17.3 Å². The molecule has 1 aliphatic heterocycles. The number of nitrogen functional groups attached to an aromatic ring is 1. The van der Waals surface area contributed by atoms with Gasteiger partial charge in [-0.25, -0.2) is 9.97 Å². The number of alkyl halides is 3. The van der Waals surface area contributed by atoms with Gasteiger partial charge in [-0.2, -0.15) is 18.3 Å². The Hall–Kier alpha value is -4.26. The molecular formula is C22H18F3N7O3. The Morgan fingerprint density at radius 1 is 1.20 bits per heavy atom. The van der Waals surface area contributed by atoms with Crippen LogP contribution < -0.4 is 15.8 Å². The number of aromatic nitrogens is 5. The van der Waals surface area contributed by atoms with Crippen LogP contribution in [0.3, 0.4) is 0 Å². The maximum absolute atomic E-state index is 12.7. The van der Waals surface area contributed by atoms with E-state index in [9.17, 15) is 18.0 Å². The number of ether oxygens (including phenoxy) is 2. The maximum atomic E-state index is 12.7. The van der Waals surface area contributed by atoms with Crippen molar-refractivity contribution >= 4 is 28.4 Å². The number of nitrogens with one attached hydrogen (secondary N) is 1. The molecule has 0 unspecified atom stereocenters. The Bertz CT molecular complexity index is 1440. The van der Waals surface area contributed by atoms with E-state index in [4.69, 9.17) is 15.2 Å². The fraction of sp³-hybridized carbons (Fsp3) is 0.227. The fourth-order valence-corrected chi connectivity index (χ4v) is 3.96. The van der Waals surface area contributed by atoms with E-state index in [0.29, 0.717) is 47.2 Å². The highest BCUT2D eigenvalue weighted by Gasteiger charge is 2.33. The number of hydrogen-bond acceptors (Lipinski definition) is 8. The van der Waals surface area contributed by atoms with Crippen LogP contribution in [0, 0.1) is 0 Å². The van der Waals surface area contributed by atoms with E-state index >= 15 is 0 Å². The number of benzene rings is 1. The number of anilines is 2. The Morgan fingerprint density at radius 2 is 2.03 bits per heavy atom. The number of carbonyl (C=O) groups is 1. The lowest BCUT2D eigenvalue weighted by Gasteiger charge is -2.15. The maximum Gasteiger partial charge on any atom is 0.435 e. The molecule has 1 amide bonds. The third-order valence-electron chi connectivity index (χ3n) is 5.53. The number of amides is 1. The van der Waals surface area contributed by atoms with Gasteiger partial charge in [0.1, 0.15) is 23.1 Å². The van der Waals surface area contributed by atoms with Crippen molar-refractivity contribution in [3.05, 3.63) is 59.3 Å². The zero-order valence-electron chi connectivity index (χ0n) is 18.3. The Kier molecular flexibility index (Phi) is 5.47. The van der Waals surface area contributed by atoms with Gasteiger partial charge in [0.15, 0.2) is 11.5 Å². The monoisotopic (exact) mass is 485 g/mol. The van der Waals surface area contributed by atoms with Crippen molar-refractivity contribution in [2.45, 2.75) is 25.8 Å². The van der Waals surface area contributed by atoms with Crippen LogP contribution in [0.25, 0.3) is 16.7 Å². The van der Waals surface area contributed by atoms with E-state index in [2.05, 4.69) is 25.5 Å². The molecule has 1 aromatic carbocycles. The molecule has 0 atom stereocenters. The third kappa shape index (κ3) is 4.10. The van der Waals surface area contributed by atoms with Crippen LogP contribution in [-0.4, -0.2) is 37.7 Å². The average Bonchev–Trinajstić information content (AvgIpc) is 3.41. The van der Waals surface area contributed by atoms with Crippen molar-refractivity contribution in [1.82, 2.24) is 24.7 Å². The molecule has 0 bridgehead atoms. The summed E-state index contributed by atoms with van der Waals surface area (Å²) in [4.78, 5) is 21.0. The molecule has 35 heavy (non-hydrogen) atoms. The van der Waals surface area contributed by atoms with Crippen molar-refractivity contribution < 1.29 is 27.4 Å². The highest BCUT2D eigenvalue weighted by Crippen LogP contribution is 2.37. The van der Waals surface area contributed by atoms with Crippen molar-refractivity contribution in [2.24, 2.45) is 0 Å². The molecular weight excluding hydrogens is 467 g/mol. The largest absolute Gasteiger partial charge is 0.494 e. The second kappa shape index (κ2) is 8.51. The summed E-state index contributed by atoms with van der Waals surface area (Å²) in [6, 6.07) is 7.03. The molecule has 0 fully saturated rings. The summed E-state index contributed by atoms with van der Waals surface area (Å²) in [7, 11) is 1.45. The molecule has 0 saturated heterocycles. The van der Waals surface area contributed by atoms with Crippen molar-refractivity contribution in [3.63, 3.8) is 0 Å². The van der Waals surface area contributed by atoms with Gasteiger partial charge in [-0.15, -0.1) is 5.10 Å². The van der Waals surface area contributed by atoms with Crippen LogP contribution in [0.4, 0.5) is 24.7 Å². The first-order valence-corrected chi connectivity index (χ1v) is 10.3. The van der Waals surface area contributed by atoms with Gasteiger partial charge >= 0.3 is 6.18 Å². The second-order valence-corrected chi connectivity index (χ2v) is 7.73. The number of methoxy groups -OCH3 is 1. The van der Waals surface area contributed by atoms with Crippen LogP contribution in [0.1, 0.15) is 22.6 Å². The predicted octanol–water partition coefficient (Wildman–Crippen LogP) is 3.03. The molecule has 1 aliphatic rings. The van der Waals surface area contributed by atoms with E-state index in [0.717, 1.165) is 23.4 Å². The van der Waals surface area contributed by atoms with Crippen LogP contribution in [-0.2, 0) is 35.3 Å². The van der Waals surface area contributed by atoms with Crippen LogP contribution in [0.5, 0.6) is 5.75 Å². The molecule has 3 aromatic heterocycles. The van der Waals surface area contributed by atoms with Gasteiger partial charge in [-0.05, 0) is 24.3 Å². The topological polar surface area (TPSA) is 130 Å². The summed E-state index contributed by atoms with van der Waals surface area (Å²) in [6.07, 6.45) is -3.46. The minimum absolute atomic E-state index is 0.0935. The number of fused-ring (bicyclic) bond motifs is 3. The zero-order chi connectivity index (χ0) is 24.7. The van der Waals surface area contributed by atoms with Gasteiger partial charge in [0.05, 0.1) is 43.8 Å². The Balaban J connectivity index is 1.42. The molecule has 0 spiro atoms. The highest BCUT2D eigenvalue weighted by molar-refractivity contribution is 5.94. The van der Waals surface area contributed by atoms with Crippen molar-refractivity contribution in [2.75, 3.05) is 18.2 Å². The van der Waals surface area contributed by atoms with Gasteiger partial charge in [-0.1, -0.05) is 0 Å². The second-order valence-electron chi connectivity index (χ2n) is 7.73. The lowest BCUT2D eigenvalue weighted by atomic mass is 10.2. The first-order valence-electron chi connectivity index (χ1n) is 10.3. The molecule has 5 rings (SSSR count). The fourth-order valence-electron chi connectivity index (χ4n) is 3.96. The van der Waals surface area contributed by atoms with Crippen molar-refractivity contribution in [3.8, 4) is 11.4 Å². The molecule has 0 aliphatic carbocycles. The Labute approximate surface area is 195 Å². The quantitative estimate of drug-likeness (QED) is 0.441. The van der Waals surface area contributed by atoms with Gasteiger partial charge in [-0.3, -0.25) is 4.79 Å². The van der Waals surface area contributed by atoms with E-state index in [1.807, 2.05) is 4.57 Å². The van der Waals surface area contributed by atoms with E-state index in [1.54, 1.807) is 18.2 Å². The molecule has 0 radical (unpaired) electrons. The van der Waals surface area contributed by atoms with Gasteiger partial charge < -0.3 is 25.1 Å². The van der Waals surface area contributed by atoms with E-state index in [-0.39, 0.29) is 12.1 Å². The number of hydrogen-bond donors (Lipinski definition) is 2. The Morgan fingerprint density at radius 3 is 2.74 bits per heavy atom. The zero-order valence-corrected chi connectivity index (χ0v) is 18.3. The molecule has 0 saturated carbocycles. The van der Waals surface area contributed by atoms with Crippen molar-refractivity contribution in [1.29, 1.82) is 0 Å². The third-order valence-corrected chi connectivity index (χ3v) is 5.53. The van der Waals surface area contributed by atoms with Crippen LogP contribution in [0.2, 0.25) is 0 Å². The van der Waals surface area contributed by atoms with E-state index in [1.165, 1.54) is 13.4 Å². The predicted molar refractivity (Wildman–Crippen MR) is 118 cm³/mol. The minimum Gasteiger partial charge on any atom is -0.494 e. The van der Waals surface area contributed by atoms with Gasteiger partial charge in [0.25, 0.3) is 0 Å². The number of carbonyl (C=O) groups excluding carboxylic acids is 1. The number of halogens is 3. The number of nitrogens with two attached hydrogens (primary N) is 1. The summed E-state index contributed by atoms with van der Waals surface area (Å²) in [5.41, 5.74) is 9.38. The average molecular weight is 485 g/mol. The lowest BCUT2D eigenvalue weighted by molar-refractivity contribution is -0.141. The highest BCUT2D eigenvalue weighted by atomic mass is 19.4. The standard InChI is InChI=1S/C22H18F3N7O3/c1-34-16-7-12(32-15-9-35-8-13(15)19-20(32)21(26)28-10-27-19)3-4-14(16)29-18(33)6-11-2-5-17(31-30-11)22(23,24)25/h2-5,7,10H,6,8-9H2,1H3,(H,29,33)(H2,26,27,28). The van der Waals surface area contributed by atoms with Crippen LogP contribution in [0.15, 0.2) is 36.7 Å². The van der Waals surface area contributed by atoms with Gasteiger partial charge in [0.2, 0.25) is 5.91 Å². The first kappa shape index (κ1) is 22.5. The molecule has 3 N–H and O–H groups in total. The van der Waals surface area contributed by atoms with E-state index < -0.39 is 17.8 Å². The molecule has 13 heteroatoms. The number of rotatable bonds is 5.